The number of aromatic nitrogens is 2. The first-order valence-electron chi connectivity index (χ1n) is 6.67. The minimum Gasteiger partial charge on any atom is -0.271 e. The van der Waals surface area contributed by atoms with Crippen LogP contribution in [-0.2, 0) is 0 Å². The van der Waals surface area contributed by atoms with Crippen molar-refractivity contribution in [1.29, 1.82) is 0 Å². The van der Waals surface area contributed by atoms with Gasteiger partial charge < -0.3 is 0 Å². The van der Waals surface area contributed by atoms with E-state index in [0.717, 1.165) is 23.6 Å². The summed E-state index contributed by atoms with van der Waals surface area (Å²) in [5.74, 6) is 0.850. The normalized spacial score (nSPS) is 14.3. The average Bonchev–Trinajstić information content (AvgIpc) is 3.06. The highest BCUT2D eigenvalue weighted by Crippen LogP contribution is 2.15. The molecule has 0 fully saturated rings. The van der Waals surface area contributed by atoms with Gasteiger partial charge in [-0.25, -0.2) is 10.2 Å². The Bertz CT molecular complexity index is 637. The maximum atomic E-state index is 4.44. The van der Waals surface area contributed by atoms with E-state index in [1.165, 1.54) is 11.1 Å². The van der Waals surface area contributed by atoms with Crippen molar-refractivity contribution in [3.63, 3.8) is 0 Å². The molecule has 0 spiro atoms. The van der Waals surface area contributed by atoms with E-state index in [1.807, 2.05) is 22.1 Å². The second-order valence-electron chi connectivity index (χ2n) is 4.92. The van der Waals surface area contributed by atoms with Gasteiger partial charge in [0.2, 0.25) is 0 Å². The van der Waals surface area contributed by atoms with Crippen LogP contribution in [0, 0.1) is 13.8 Å². The van der Waals surface area contributed by atoms with Crippen LogP contribution in [0.25, 0.3) is 5.69 Å². The van der Waals surface area contributed by atoms with Crippen LogP contribution in [-0.4, -0.2) is 27.2 Å². The summed E-state index contributed by atoms with van der Waals surface area (Å²) in [6, 6.07) is 6.39. The van der Waals surface area contributed by atoms with Crippen LogP contribution >= 0.6 is 0 Å². The molecule has 3 rings (SSSR count). The Balaban J connectivity index is 1.94. The van der Waals surface area contributed by atoms with E-state index in [4.69, 9.17) is 0 Å². The zero-order valence-corrected chi connectivity index (χ0v) is 11.9. The minimum absolute atomic E-state index is 0.820. The van der Waals surface area contributed by atoms with Crippen LogP contribution in [0.3, 0.4) is 0 Å². The first-order chi connectivity index (χ1) is 9.67. The number of nitrogens with zero attached hydrogens (tertiary/aromatic N) is 4. The molecule has 0 unspecified atom stereocenters. The van der Waals surface area contributed by atoms with Crippen LogP contribution in [0.15, 0.2) is 35.7 Å². The molecule has 0 amide bonds. The zero-order chi connectivity index (χ0) is 14.1. The van der Waals surface area contributed by atoms with Crippen LogP contribution in [0.5, 0.6) is 0 Å². The number of hydrazone groups is 1. The topological polar surface area (TPSA) is 57.5 Å². The zero-order valence-electron chi connectivity index (χ0n) is 11.9. The Labute approximate surface area is 118 Å². The molecule has 104 valence electrons. The number of benzene rings is 1. The molecular formula is C14H18N6. The second kappa shape index (κ2) is 4.97. The van der Waals surface area contributed by atoms with E-state index in [0.29, 0.717) is 0 Å². The van der Waals surface area contributed by atoms with Gasteiger partial charge in [0.25, 0.3) is 0 Å². The van der Waals surface area contributed by atoms with E-state index >= 15 is 0 Å². The third-order valence-electron chi connectivity index (χ3n) is 3.23. The van der Waals surface area contributed by atoms with Gasteiger partial charge >= 0.3 is 0 Å². The predicted octanol–water partition coefficient (Wildman–Crippen LogP) is 1.50. The summed E-state index contributed by atoms with van der Waals surface area (Å²) in [4.78, 5) is 0. The van der Waals surface area contributed by atoms with Crippen LogP contribution in [0.1, 0.15) is 23.6 Å². The largest absolute Gasteiger partial charge is 0.271 e. The summed E-state index contributed by atoms with van der Waals surface area (Å²) in [5, 5.41) is 10.6. The standard InChI is InChI=1S/C14H18N6/c1-4-19-14(16-17-18-19)12-8-15-20(9-12)13-6-10(2)5-11(3)7-13/h5-9,17-18H,4H2,1-3H3. The average molecular weight is 270 g/mol. The first-order valence-corrected chi connectivity index (χ1v) is 6.67. The third kappa shape index (κ3) is 2.25. The molecule has 0 saturated carbocycles. The van der Waals surface area contributed by atoms with Crippen molar-refractivity contribution in [1.82, 2.24) is 25.9 Å². The molecule has 20 heavy (non-hydrogen) atoms. The van der Waals surface area contributed by atoms with Crippen molar-refractivity contribution in [3.05, 3.63) is 47.3 Å². The van der Waals surface area contributed by atoms with Gasteiger partial charge in [-0.3, -0.25) is 5.01 Å². The lowest BCUT2D eigenvalue weighted by Gasteiger charge is -2.14. The number of hydrogen-bond donors (Lipinski definition) is 2. The fourth-order valence-corrected chi connectivity index (χ4v) is 2.36. The lowest BCUT2D eigenvalue weighted by atomic mass is 10.1. The van der Waals surface area contributed by atoms with Gasteiger partial charge in [0.15, 0.2) is 5.84 Å². The Hall–Kier alpha value is -2.34. The Morgan fingerprint density at radius 1 is 1.15 bits per heavy atom. The van der Waals surface area contributed by atoms with Gasteiger partial charge in [0.05, 0.1) is 17.4 Å². The molecule has 1 aliphatic heterocycles. The number of amidine groups is 1. The first kappa shape index (κ1) is 12.7. The molecule has 6 nitrogen and oxygen atoms in total. The summed E-state index contributed by atoms with van der Waals surface area (Å²) in [5.41, 5.74) is 10.2. The van der Waals surface area contributed by atoms with E-state index in [9.17, 15) is 0 Å². The highest BCUT2D eigenvalue weighted by atomic mass is 15.8. The molecule has 0 bridgehead atoms. The van der Waals surface area contributed by atoms with Gasteiger partial charge in [-0.2, -0.15) is 5.10 Å². The monoisotopic (exact) mass is 270 g/mol. The molecule has 0 aliphatic carbocycles. The molecule has 0 atom stereocenters. The van der Waals surface area contributed by atoms with Gasteiger partial charge in [-0.15, -0.1) is 10.6 Å². The quantitative estimate of drug-likeness (QED) is 0.887. The number of nitrogens with one attached hydrogen (secondary N) is 2. The van der Waals surface area contributed by atoms with Crippen LogP contribution in [0.2, 0.25) is 0 Å². The lowest BCUT2D eigenvalue weighted by Crippen LogP contribution is -2.40. The number of hydrogen-bond acceptors (Lipinski definition) is 5. The van der Waals surface area contributed by atoms with E-state index in [-0.39, 0.29) is 0 Å². The molecule has 2 N–H and O–H groups in total. The number of hydrazine groups is 2. The van der Waals surface area contributed by atoms with Crippen LogP contribution < -0.4 is 11.1 Å². The summed E-state index contributed by atoms with van der Waals surface area (Å²) < 4.78 is 1.88. The van der Waals surface area contributed by atoms with Crippen molar-refractivity contribution >= 4 is 5.84 Å². The molecule has 0 saturated heterocycles. The third-order valence-corrected chi connectivity index (χ3v) is 3.23. The fourth-order valence-electron chi connectivity index (χ4n) is 2.36. The van der Waals surface area contributed by atoms with Crippen molar-refractivity contribution in [2.75, 3.05) is 6.54 Å². The smallest absolute Gasteiger partial charge is 0.176 e. The maximum Gasteiger partial charge on any atom is 0.176 e. The van der Waals surface area contributed by atoms with Gasteiger partial charge in [-0.1, -0.05) is 6.07 Å². The SMILES string of the molecule is CCN1NNN=C1c1cnn(-c2cc(C)cc(C)c2)c1. The Kier molecular flexibility index (Phi) is 3.15. The van der Waals surface area contributed by atoms with Crippen molar-refractivity contribution < 1.29 is 0 Å². The lowest BCUT2D eigenvalue weighted by molar-refractivity contribution is 0.308. The fraction of sp³-hybridized carbons (Fsp3) is 0.286. The Morgan fingerprint density at radius 2 is 1.90 bits per heavy atom. The minimum atomic E-state index is 0.820. The van der Waals surface area contributed by atoms with Crippen molar-refractivity contribution in [2.24, 2.45) is 5.10 Å². The molecule has 1 aromatic carbocycles. The van der Waals surface area contributed by atoms with Gasteiger partial charge in [0.1, 0.15) is 0 Å². The summed E-state index contributed by atoms with van der Waals surface area (Å²) in [6.07, 6.45) is 3.82. The molecule has 2 heterocycles. The van der Waals surface area contributed by atoms with E-state index in [2.05, 4.69) is 60.2 Å². The Morgan fingerprint density at radius 3 is 2.60 bits per heavy atom. The summed E-state index contributed by atoms with van der Waals surface area (Å²) >= 11 is 0. The second-order valence-corrected chi connectivity index (χ2v) is 4.92. The highest BCUT2D eigenvalue weighted by molar-refractivity contribution is 5.98. The molecule has 6 heteroatoms. The molecular weight excluding hydrogens is 252 g/mol. The molecule has 2 aromatic rings. The van der Waals surface area contributed by atoms with Gasteiger partial charge in [-0.05, 0) is 44.0 Å². The maximum absolute atomic E-state index is 4.44. The summed E-state index contributed by atoms with van der Waals surface area (Å²) in [6.45, 7) is 7.06. The van der Waals surface area contributed by atoms with E-state index < -0.39 is 0 Å². The number of rotatable bonds is 3. The van der Waals surface area contributed by atoms with Crippen molar-refractivity contribution in [2.45, 2.75) is 20.8 Å². The van der Waals surface area contributed by atoms with Crippen molar-refractivity contribution in [3.8, 4) is 5.69 Å². The molecule has 1 aliphatic rings. The molecule has 0 radical (unpaired) electrons. The molecule has 1 aromatic heterocycles. The highest BCUT2D eigenvalue weighted by Gasteiger charge is 2.18. The number of aryl methyl sites for hydroxylation is 2. The van der Waals surface area contributed by atoms with E-state index in [1.54, 1.807) is 0 Å². The predicted molar refractivity (Wildman–Crippen MR) is 78.2 cm³/mol. The van der Waals surface area contributed by atoms with Crippen LogP contribution in [0.4, 0.5) is 0 Å². The van der Waals surface area contributed by atoms with Gasteiger partial charge in [0, 0.05) is 12.7 Å². The summed E-state index contributed by atoms with van der Waals surface area (Å²) in [7, 11) is 0.